The van der Waals surface area contributed by atoms with Crippen LogP contribution in [0.2, 0.25) is 0 Å². The molecule has 1 unspecified atom stereocenters. The van der Waals surface area contributed by atoms with Crippen molar-refractivity contribution in [1.82, 2.24) is 39.7 Å². The van der Waals surface area contributed by atoms with Gasteiger partial charge >= 0.3 is 0 Å². The third-order valence-corrected chi connectivity index (χ3v) is 14.9. The number of rotatable bonds is 12. The van der Waals surface area contributed by atoms with Crippen LogP contribution in [-0.4, -0.2) is 103 Å². The number of fused-ring (bicyclic) bond motifs is 2. The van der Waals surface area contributed by atoms with Crippen molar-refractivity contribution in [2.45, 2.75) is 95.2 Å². The van der Waals surface area contributed by atoms with Crippen LogP contribution in [0.1, 0.15) is 114 Å². The van der Waals surface area contributed by atoms with Gasteiger partial charge in [-0.1, -0.05) is 12.1 Å². The third kappa shape index (κ3) is 8.28. The number of carbonyl (C=O) groups excluding carboxylic acids is 5. The number of pyridine rings is 1. The quantitative estimate of drug-likeness (QED) is 0.115. The lowest BCUT2D eigenvalue weighted by Crippen LogP contribution is -2.54. The van der Waals surface area contributed by atoms with E-state index < -0.39 is 23.8 Å². The molecule has 5 heterocycles. The molecule has 1 saturated heterocycles. The molecule has 16 heteroatoms. The van der Waals surface area contributed by atoms with Gasteiger partial charge in [0.05, 0.1) is 47.4 Å². The summed E-state index contributed by atoms with van der Waals surface area (Å²) in [5, 5.41) is 18.9. The van der Waals surface area contributed by atoms with E-state index in [0.717, 1.165) is 73.0 Å². The van der Waals surface area contributed by atoms with Gasteiger partial charge in [0, 0.05) is 67.7 Å². The van der Waals surface area contributed by atoms with E-state index in [4.69, 9.17) is 9.84 Å². The van der Waals surface area contributed by atoms with Gasteiger partial charge in [0.15, 0.2) is 0 Å². The fourth-order valence-electron chi connectivity index (χ4n) is 11.4. The van der Waals surface area contributed by atoms with Crippen LogP contribution in [0.3, 0.4) is 0 Å². The van der Waals surface area contributed by atoms with Gasteiger partial charge in [-0.2, -0.15) is 10.2 Å². The summed E-state index contributed by atoms with van der Waals surface area (Å²) in [4.78, 5) is 72.7. The molecule has 338 valence electrons. The number of hydrogen-bond donors (Lipinski definition) is 3. The van der Waals surface area contributed by atoms with Crippen molar-refractivity contribution in [1.29, 1.82) is 0 Å². The van der Waals surface area contributed by atoms with Crippen LogP contribution in [0.15, 0.2) is 67.1 Å². The standard InChI is InChI=1S/C49H56N10O6/c1-56(33-16-18-49(19-17-33)22-30(23-49)24-50-37-8-4-6-35-44(37)48(64)59(47(35)63)41-14-15-43(60)54-46(41)62)26-29-10-12-34(13-11-29)58-28-31-20-40(42(65-3)21-39(31)55-58)53-45(61)38-9-5-7-36(52-38)32-25-51-57(2)27-32/h4-9,20-21,25,27-30,33-34,41,50H,10-19,22-24,26H2,1-3H3,(H,53,61)(H,54,60,62). The van der Waals surface area contributed by atoms with E-state index in [2.05, 4.69) is 48.9 Å². The molecule has 1 spiro atoms. The number of carbonyl (C=O) groups is 5. The molecule has 2 aliphatic heterocycles. The van der Waals surface area contributed by atoms with Crippen molar-refractivity contribution < 1.29 is 28.7 Å². The van der Waals surface area contributed by atoms with E-state index in [1.54, 1.807) is 36.2 Å². The second-order valence-corrected chi connectivity index (χ2v) is 19.2. The fraction of sp³-hybridized carbons (Fsp3) is 0.469. The number of nitrogens with one attached hydrogen (secondary N) is 3. The Morgan fingerprint density at radius 3 is 2.45 bits per heavy atom. The van der Waals surface area contributed by atoms with Gasteiger partial charge < -0.3 is 20.3 Å². The van der Waals surface area contributed by atoms with Crippen LogP contribution >= 0.6 is 0 Å². The van der Waals surface area contributed by atoms with E-state index in [-0.39, 0.29) is 24.7 Å². The van der Waals surface area contributed by atoms with Crippen LogP contribution in [0, 0.1) is 17.3 Å². The molecule has 3 aromatic heterocycles. The number of benzene rings is 2. The first kappa shape index (κ1) is 42.5. The monoisotopic (exact) mass is 880 g/mol. The highest BCUT2D eigenvalue weighted by Crippen LogP contribution is 2.55. The van der Waals surface area contributed by atoms with Gasteiger partial charge in [0.2, 0.25) is 11.8 Å². The molecule has 0 bridgehead atoms. The Morgan fingerprint density at radius 1 is 0.923 bits per heavy atom. The van der Waals surface area contributed by atoms with Gasteiger partial charge in [-0.15, -0.1) is 0 Å². The molecule has 3 saturated carbocycles. The number of nitrogens with zero attached hydrogens (tertiary/aromatic N) is 7. The summed E-state index contributed by atoms with van der Waals surface area (Å²) in [6, 6.07) is 14.4. The number of piperidine rings is 1. The molecule has 3 aliphatic carbocycles. The molecule has 10 rings (SSSR count). The van der Waals surface area contributed by atoms with Crippen molar-refractivity contribution in [3.8, 4) is 17.0 Å². The smallest absolute Gasteiger partial charge is 0.274 e. The summed E-state index contributed by atoms with van der Waals surface area (Å²) in [6.07, 6.45) is 17.6. The molecule has 4 fully saturated rings. The molecule has 5 aromatic rings. The van der Waals surface area contributed by atoms with Crippen LogP contribution in [0.25, 0.3) is 22.2 Å². The minimum Gasteiger partial charge on any atom is -0.494 e. The molecular weight excluding hydrogens is 825 g/mol. The SMILES string of the molecule is COc1cc2nn(C3CCC(CN(C)C4CCC5(CC4)CC(CNc4cccc6c4C(=O)N(C4CCC(=O)NC4=O)C6=O)C5)CC3)cc2cc1NC(=O)c1cccc(-c2cnn(C)c2)n1. The van der Waals surface area contributed by atoms with Crippen LogP contribution < -0.4 is 20.7 Å². The maximum absolute atomic E-state index is 13.5. The van der Waals surface area contributed by atoms with Gasteiger partial charge in [-0.05, 0) is 125 Å². The summed E-state index contributed by atoms with van der Waals surface area (Å²) in [6.45, 7) is 1.84. The zero-order chi connectivity index (χ0) is 45.0. The Labute approximate surface area is 377 Å². The number of ether oxygens (including phenoxy) is 1. The van der Waals surface area contributed by atoms with Gasteiger partial charge in [-0.25, -0.2) is 4.98 Å². The summed E-state index contributed by atoms with van der Waals surface area (Å²) < 4.78 is 9.51. The number of anilines is 2. The van der Waals surface area contributed by atoms with Gasteiger partial charge in [0.25, 0.3) is 17.7 Å². The number of imide groups is 2. The first-order valence-corrected chi connectivity index (χ1v) is 23.1. The van der Waals surface area contributed by atoms with Gasteiger partial charge in [0.1, 0.15) is 17.5 Å². The lowest BCUT2D eigenvalue weighted by Gasteiger charge is -2.53. The normalized spacial score (nSPS) is 25.5. The Morgan fingerprint density at radius 2 is 1.71 bits per heavy atom. The fourth-order valence-corrected chi connectivity index (χ4v) is 11.4. The number of hydrogen-bond acceptors (Lipinski definition) is 11. The van der Waals surface area contributed by atoms with Crippen LogP contribution in [0.4, 0.5) is 11.4 Å². The Balaban J connectivity index is 0.679. The zero-order valence-electron chi connectivity index (χ0n) is 37.2. The zero-order valence-corrected chi connectivity index (χ0v) is 37.2. The summed E-state index contributed by atoms with van der Waals surface area (Å²) in [7, 11) is 5.75. The lowest BCUT2D eigenvalue weighted by atomic mass is 9.55. The molecule has 2 aromatic carbocycles. The van der Waals surface area contributed by atoms with E-state index in [1.165, 1.54) is 25.7 Å². The third-order valence-electron chi connectivity index (χ3n) is 14.9. The molecule has 16 nitrogen and oxygen atoms in total. The molecule has 1 atom stereocenters. The van der Waals surface area contributed by atoms with Crippen molar-refractivity contribution >= 4 is 51.8 Å². The Hall–Kier alpha value is -6.42. The van der Waals surface area contributed by atoms with Crippen molar-refractivity contribution in [2.75, 3.05) is 37.9 Å². The summed E-state index contributed by atoms with van der Waals surface area (Å²) in [5.41, 5.74) is 4.85. The summed E-state index contributed by atoms with van der Waals surface area (Å²) in [5.74, 6) is -0.578. The van der Waals surface area contributed by atoms with E-state index in [1.807, 2.05) is 43.6 Å². The Kier molecular flexibility index (Phi) is 11.2. The second kappa shape index (κ2) is 17.2. The molecule has 5 aliphatic rings. The van der Waals surface area contributed by atoms with Crippen LogP contribution in [-0.2, 0) is 16.6 Å². The number of aromatic nitrogens is 5. The largest absolute Gasteiger partial charge is 0.494 e. The maximum Gasteiger partial charge on any atom is 0.274 e. The number of aryl methyl sites for hydroxylation is 1. The summed E-state index contributed by atoms with van der Waals surface area (Å²) >= 11 is 0. The molecule has 65 heavy (non-hydrogen) atoms. The predicted octanol–water partition coefficient (Wildman–Crippen LogP) is 6.61. The molecule has 0 radical (unpaired) electrons. The van der Waals surface area contributed by atoms with E-state index >= 15 is 0 Å². The topological polar surface area (TPSA) is 186 Å². The minimum absolute atomic E-state index is 0.0955. The predicted molar refractivity (Wildman–Crippen MR) is 243 cm³/mol. The maximum atomic E-state index is 13.5. The highest BCUT2D eigenvalue weighted by Gasteiger charge is 2.48. The first-order valence-electron chi connectivity index (χ1n) is 23.1. The van der Waals surface area contributed by atoms with Gasteiger partial charge in [-0.3, -0.25) is 43.6 Å². The highest BCUT2D eigenvalue weighted by atomic mass is 16.5. The lowest BCUT2D eigenvalue weighted by molar-refractivity contribution is -0.136. The van der Waals surface area contributed by atoms with E-state index in [9.17, 15) is 24.0 Å². The molecule has 5 amide bonds. The van der Waals surface area contributed by atoms with Crippen molar-refractivity contribution in [3.05, 3.63) is 83.9 Å². The number of methoxy groups -OCH3 is 1. The minimum atomic E-state index is -0.975. The average Bonchev–Trinajstić information content (AvgIpc) is 4.00. The second-order valence-electron chi connectivity index (χ2n) is 19.2. The van der Waals surface area contributed by atoms with E-state index in [0.29, 0.717) is 69.0 Å². The van der Waals surface area contributed by atoms with Crippen molar-refractivity contribution in [3.63, 3.8) is 0 Å². The first-order chi connectivity index (χ1) is 31.4. The Bertz CT molecular complexity index is 2680. The van der Waals surface area contributed by atoms with Crippen LogP contribution in [0.5, 0.6) is 5.75 Å². The highest BCUT2D eigenvalue weighted by molar-refractivity contribution is 6.25. The molecular formula is C49H56N10O6. The average molecular weight is 881 g/mol. The van der Waals surface area contributed by atoms with Crippen molar-refractivity contribution in [2.24, 2.45) is 24.3 Å². The number of amides is 5. The molecule has 3 N–H and O–H groups in total.